The SMILES string of the molecule is O=C(O)CN(C(=O)C1CCCN1)c1cccc(Cl)c1. The largest absolute Gasteiger partial charge is 0.480 e. The van der Waals surface area contributed by atoms with Crippen molar-refractivity contribution in [2.75, 3.05) is 18.0 Å². The molecule has 1 saturated heterocycles. The molecule has 1 amide bonds. The molecule has 19 heavy (non-hydrogen) atoms. The standard InChI is InChI=1S/C13H15ClN2O3/c14-9-3-1-4-10(7-9)16(8-12(17)18)13(19)11-5-2-6-15-11/h1,3-4,7,11,15H,2,5-6,8H2,(H,17,18). The molecule has 1 atom stereocenters. The summed E-state index contributed by atoms with van der Waals surface area (Å²) in [6.07, 6.45) is 1.66. The minimum Gasteiger partial charge on any atom is -0.480 e. The maximum Gasteiger partial charge on any atom is 0.323 e. The van der Waals surface area contributed by atoms with Gasteiger partial charge in [-0.1, -0.05) is 17.7 Å². The van der Waals surface area contributed by atoms with Crippen molar-refractivity contribution in [2.45, 2.75) is 18.9 Å². The highest BCUT2D eigenvalue weighted by Crippen LogP contribution is 2.21. The van der Waals surface area contributed by atoms with Gasteiger partial charge in [0.15, 0.2) is 0 Å². The Labute approximate surface area is 116 Å². The van der Waals surface area contributed by atoms with Crippen molar-refractivity contribution in [2.24, 2.45) is 0 Å². The zero-order valence-corrected chi connectivity index (χ0v) is 11.1. The van der Waals surface area contributed by atoms with Crippen LogP contribution in [0.3, 0.4) is 0 Å². The summed E-state index contributed by atoms with van der Waals surface area (Å²) < 4.78 is 0. The van der Waals surface area contributed by atoms with Crippen LogP contribution in [0.5, 0.6) is 0 Å². The Morgan fingerprint density at radius 3 is 2.84 bits per heavy atom. The van der Waals surface area contributed by atoms with E-state index in [2.05, 4.69) is 5.32 Å². The van der Waals surface area contributed by atoms with Crippen LogP contribution < -0.4 is 10.2 Å². The highest BCUT2D eigenvalue weighted by molar-refractivity contribution is 6.31. The minimum atomic E-state index is -1.05. The second-order valence-corrected chi connectivity index (χ2v) is 4.88. The van der Waals surface area contributed by atoms with Crippen LogP contribution in [-0.4, -0.2) is 36.1 Å². The summed E-state index contributed by atoms with van der Waals surface area (Å²) in [6, 6.07) is 6.35. The molecule has 1 heterocycles. The Morgan fingerprint density at radius 1 is 1.47 bits per heavy atom. The first kappa shape index (κ1) is 13.8. The van der Waals surface area contributed by atoms with E-state index in [9.17, 15) is 9.59 Å². The highest BCUT2D eigenvalue weighted by Gasteiger charge is 2.29. The summed E-state index contributed by atoms with van der Waals surface area (Å²) in [5, 5.41) is 12.5. The molecule has 102 valence electrons. The number of aliphatic carboxylic acids is 1. The summed E-state index contributed by atoms with van der Waals surface area (Å²) >= 11 is 5.89. The number of amides is 1. The predicted molar refractivity (Wildman–Crippen MR) is 72.5 cm³/mol. The van der Waals surface area contributed by atoms with Gasteiger partial charge in [-0.3, -0.25) is 14.5 Å². The predicted octanol–water partition coefficient (Wildman–Crippen LogP) is 1.51. The monoisotopic (exact) mass is 282 g/mol. The number of nitrogens with one attached hydrogen (secondary N) is 1. The zero-order chi connectivity index (χ0) is 13.8. The normalized spacial score (nSPS) is 18.3. The number of carbonyl (C=O) groups is 2. The first-order chi connectivity index (χ1) is 9.08. The molecule has 0 saturated carbocycles. The lowest BCUT2D eigenvalue weighted by molar-refractivity contribution is -0.136. The van der Waals surface area contributed by atoms with Gasteiger partial charge in [-0.05, 0) is 37.6 Å². The van der Waals surface area contributed by atoms with E-state index in [1.165, 1.54) is 4.90 Å². The van der Waals surface area contributed by atoms with Gasteiger partial charge in [-0.25, -0.2) is 0 Å². The fourth-order valence-corrected chi connectivity index (χ4v) is 2.34. The Bertz CT molecular complexity index is 487. The molecular formula is C13H15ClN2O3. The Hall–Kier alpha value is -1.59. The minimum absolute atomic E-state index is 0.220. The van der Waals surface area contributed by atoms with Crippen molar-refractivity contribution in [3.05, 3.63) is 29.3 Å². The van der Waals surface area contributed by atoms with Gasteiger partial charge in [0.25, 0.3) is 0 Å². The molecule has 1 aromatic rings. The van der Waals surface area contributed by atoms with E-state index in [-0.39, 0.29) is 18.5 Å². The number of anilines is 1. The maximum atomic E-state index is 12.3. The van der Waals surface area contributed by atoms with Gasteiger partial charge >= 0.3 is 5.97 Å². The van der Waals surface area contributed by atoms with E-state index >= 15 is 0 Å². The quantitative estimate of drug-likeness (QED) is 0.878. The summed E-state index contributed by atoms with van der Waals surface area (Å²) in [6.45, 7) is 0.421. The van der Waals surface area contributed by atoms with Gasteiger partial charge in [0.05, 0.1) is 6.04 Å². The van der Waals surface area contributed by atoms with Gasteiger partial charge < -0.3 is 10.4 Å². The van der Waals surface area contributed by atoms with Gasteiger partial charge in [0, 0.05) is 10.7 Å². The average molecular weight is 283 g/mol. The topological polar surface area (TPSA) is 69.6 Å². The van der Waals surface area contributed by atoms with E-state index in [0.29, 0.717) is 10.7 Å². The fraction of sp³-hybridized carbons (Fsp3) is 0.385. The molecule has 2 rings (SSSR count). The van der Waals surface area contributed by atoms with Crippen molar-refractivity contribution >= 4 is 29.2 Å². The van der Waals surface area contributed by atoms with Crippen molar-refractivity contribution < 1.29 is 14.7 Å². The first-order valence-electron chi connectivity index (χ1n) is 6.10. The smallest absolute Gasteiger partial charge is 0.323 e. The van der Waals surface area contributed by atoms with Crippen LogP contribution in [0.1, 0.15) is 12.8 Å². The van der Waals surface area contributed by atoms with Gasteiger partial charge in [-0.2, -0.15) is 0 Å². The molecule has 0 aromatic heterocycles. The molecular weight excluding hydrogens is 268 g/mol. The van der Waals surface area contributed by atoms with Crippen LogP contribution in [0.25, 0.3) is 0 Å². The van der Waals surface area contributed by atoms with Crippen molar-refractivity contribution in [1.82, 2.24) is 5.32 Å². The molecule has 2 N–H and O–H groups in total. The third-order valence-electron chi connectivity index (χ3n) is 3.04. The van der Waals surface area contributed by atoms with Crippen LogP contribution >= 0.6 is 11.6 Å². The zero-order valence-electron chi connectivity index (χ0n) is 10.3. The Morgan fingerprint density at radius 2 is 2.26 bits per heavy atom. The van der Waals surface area contributed by atoms with Crippen LogP contribution in [0, 0.1) is 0 Å². The summed E-state index contributed by atoms with van der Waals surface area (Å²) in [5.74, 6) is -1.27. The summed E-state index contributed by atoms with van der Waals surface area (Å²) in [7, 11) is 0. The second kappa shape index (κ2) is 6.04. The van der Waals surface area contributed by atoms with Crippen LogP contribution in [0.15, 0.2) is 24.3 Å². The molecule has 0 bridgehead atoms. The molecule has 0 spiro atoms. The van der Waals surface area contributed by atoms with Gasteiger partial charge in [-0.15, -0.1) is 0 Å². The van der Waals surface area contributed by atoms with Crippen LogP contribution in [-0.2, 0) is 9.59 Å². The number of carbonyl (C=O) groups excluding carboxylic acids is 1. The van der Waals surface area contributed by atoms with E-state index in [0.717, 1.165) is 19.4 Å². The lowest BCUT2D eigenvalue weighted by Gasteiger charge is -2.24. The van der Waals surface area contributed by atoms with E-state index in [4.69, 9.17) is 16.7 Å². The second-order valence-electron chi connectivity index (χ2n) is 4.45. The number of rotatable bonds is 4. The van der Waals surface area contributed by atoms with Crippen LogP contribution in [0.4, 0.5) is 5.69 Å². The molecule has 1 aliphatic rings. The number of halogens is 1. The summed E-state index contributed by atoms with van der Waals surface area (Å²) in [5.41, 5.74) is 0.508. The number of carboxylic acid groups (broad SMARTS) is 1. The number of hydrogen-bond donors (Lipinski definition) is 2. The third kappa shape index (κ3) is 3.45. The van der Waals surface area contributed by atoms with Crippen molar-refractivity contribution in [3.8, 4) is 0 Å². The fourth-order valence-electron chi connectivity index (χ4n) is 2.16. The molecule has 5 nitrogen and oxygen atoms in total. The van der Waals surface area contributed by atoms with Crippen molar-refractivity contribution in [3.63, 3.8) is 0 Å². The number of nitrogens with zero attached hydrogens (tertiary/aromatic N) is 1. The number of benzene rings is 1. The van der Waals surface area contributed by atoms with Crippen LogP contribution in [0.2, 0.25) is 5.02 Å². The summed E-state index contributed by atoms with van der Waals surface area (Å²) in [4.78, 5) is 24.6. The third-order valence-corrected chi connectivity index (χ3v) is 3.27. The van der Waals surface area contributed by atoms with E-state index < -0.39 is 5.97 Å². The van der Waals surface area contributed by atoms with E-state index in [1.54, 1.807) is 24.3 Å². The molecule has 1 fully saturated rings. The van der Waals surface area contributed by atoms with E-state index in [1.807, 2.05) is 0 Å². The Balaban J connectivity index is 2.24. The number of carboxylic acids is 1. The molecule has 1 aliphatic heterocycles. The van der Waals surface area contributed by atoms with Crippen molar-refractivity contribution in [1.29, 1.82) is 0 Å². The average Bonchev–Trinajstić information content (AvgIpc) is 2.88. The maximum absolute atomic E-state index is 12.3. The van der Waals surface area contributed by atoms with Gasteiger partial charge in [0.1, 0.15) is 6.54 Å². The van der Waals surface area contributed by atoms with Gasteiger partial charge in [0.2, 0.25) is 5.91 Å². The molecule has 1 aromatic carbocycles. The first-order valence-corrected chi connectivity index (χ1v) is 6.48. The highest BCUT2D eigenvalue weighted by atomic mass is 35.5. The lowest BCUT2D eigenvalue weighted by atomic mass is 10.2. The number of hydrogen-bond acceptors (Lipinski definition) is 3. The Kier molecular flexibility index (Phi) is 4.39. The molecule has 0 aliphatic carbocycles. The lowest BCUT2D eigenvalue weighted by Crippen LogP contribution is -2.46. The molecule has 0 radical (unpaired) electrons. The molecule has 1 unspecified atom stereocenters. The molecule has 6 heteroatoms.